The van der Waals surface area contributed by atoms with Gasteiger partial charge in [0.1, 0.15) is 5.75 Å². The Balaban J connectivity index is 1.79. The molecule has 23 heavy (non-hydrogen) atoms. The van der Waals surface area contributed by atoms with Crippen molar-refractivity contribution in [2.24, 2.45) is 7.05 Å². The predicted molar refractivity (Wildman–Crippen MR) is 87.3 cm³/mol. The number of carbonyl (C=O) groups is 2. The van der Waals surface area contributed by atoms with Crippen LogP contribution in [-0.4, -0.2) is 30.0 Å². The van der Waals surface area contributed by atoms with Gasteiger partial charge in [0.25, 0.3) is 5.91 Å². The molecule has 0 spiro atoms. The van der Waals surface area contributed by atoms with Gasteiger partial charge < -0.3 is 19.9 Å². The number of benzene rings is 1. The molecule has 0 atom stereocenters. The van der Waals surface area contributed by atoms with Crippen LogP contribution in [0.1, 0.15) is 21.7 Å². The number of carbonyl (C=O) groups excluding carboxylic acids is 2. The normalized spacial score (nSPS) is 10.2. The van der Waals surface area contributed by atoms with Gasteiger partial charge in [-0.05, 0) is 43.3 Å². The first-order valence-electron chi connectivity index (χ1n) is 7.31. The number of amides is 2. The molecule has 1 heterocycles. The van der Waals surface area contributed by atoms with Crippen LogP contribution >= 0.6 is 0 Å². The zero-order valence-electron chi connectivity index (χ0n) is 13.6. The van der Waals surface area contributed by atoms with Crippen LogP contribution in [0.5, 0.6) is 5.75 Å². The first-order valence-corrected chi connectivity index (χ1v) is 7.31. The second-order valence-corrected chi connectivity index (χ2v) is 5.21. The third kappa shape index (κ3) is 4.35. The molecular weight excluding hydrogens is 294 g/mol. The molecule has 0 aliphatic carbocycles. The van der Waals surface area contributed by atoms with Gasteiger partial charge in [-0.3, -0.25) is 9.59 Å². The van der Waals surface area contributed by atoms with Crippen LogP contribution in [-0.2, 0) is 18.4 Å². The van der Waals surface area contributed by atoms with Crippen LogP contribution in [0.15, 0.2) is 36.4 Å². The van der Waals surface area contributed by atoms with Gasteiger partial charge >= 0.3 is 0 Å². The Morgan fingerprint density at radius 1 is 1.09 bits per heavy atom. The van der Waals surface area contributed by atoms with Gasteiger partial charge in [-0.15, -0.1) is 0 Å². The summed E-state index contributed by atoms with van der Waals surface area (Å²) in [6.07, 6.45) is 0. The number of nitrogens with zero attached hydrogens (tertiary/aromatic N) is 1. The molecule has 2 N–H and O–H groups in total. The first kappa shape index (κ1) is 16.6. The van der Waals surface area contributed by atoms with E-state index >= 15 is 0 Å². The standard InChI is InChI=1S/C17H21N3O3/c1-12-4-7-14(20(12)2)10-18-16(21)11-19-17(22)13-5-8-15(23-3)9-6-13/h4-9H,10-11H2,1-3H3,(H,18,21)(H,19,22). The maximum absolute atomic E-state index is 11.9. The Bertz CT molecular complexity index is 690. The highest BCUT2D eigenvalue weighted by molar-refractivity contribution is 5.96. The Morgan fingerprint density at radius 3 is 2.35 bits per heavy atom. The van der Waals surface area contributed by atoms with Gasteiger partial charge in [0.2, 0.25) is 5.91 Å². The Kier molecular flexibility index (Phi) is 5.41. The van der Waals surface area contributed by atoms with E-state index in [0.717, 1.165) is 11.4 Å². The fraction of sp³-hybridized carbons (Fsp3) is 0.294. The van der Waals surface area contributed by atoms with Crippen LogP contribution < -0.4 is 15.4 Å². The summed E-state index contributed by atoms with van der Waals surface area (Å²) in [7, 11) is 3.51. The molecule has 2 amide bonds. The van der Waals surface area contributed by atoms with Crippen LogP contribution in [0.2, 0.25) is 0 Å². The van der Waals surface area contributed by atoms with Gasteiger partial charge in [0, 0.05) is 24.0 Å². The Morgan fingerprint density at radius 2 is 1.78 bits per heavy atom. The lowest BCUT2D eigenvalue weighted by molar-refractivity contribution is -0.120. The number of aromatic nitrogens is 1. The van der Waals surface area contributed by atoms with E-state index in [1.165, 1.54) is 0 Å². The quantitative estimate of drug-likeness (QED) is 0.846. The van der Waals surface area contributed by atoms with Gasteiger partial charge in [-0.2, -0.15) is 0 Å². The monoisotopic (exact) mass is 315 g/mol. The summed E-state index contributed by atoms with van der Waals surface area (Å²) in [6, 6.07) is 10.7. The maximum atomic E-state index is 11.9. The van der Waals surface area contributed by atoms with Crippen molar-refractivity contribution >= 4 is 11.8 Å². The van der Waals surface area contributed by atoms with E-state index < -0.39 is 0 Å². The second kappa shape index (κ2) is 7.49. The fourth-order valence-electron chi connectivity index (χ4n) is 2.10. The molecule has 1 aromatic carbocycles. The molecule has 2 aromatic rings. The highest BCUT2D eigenvalue weighted by atomic mass is 16.5. The van der Waals surface area contributed by atoms with E-state index in [9.17, 15) is 9.59 Å². The molecular formula is C17H21N3O3. The molecule has 0 aliphatic heterocycles. The lowest BCUT2D eigenvalue weighted by Gasteiger charge is -2.09. The molecule has 122 valence electrons. The van der Waals surface area contributed by atoms with Crippen molar-refractivity contribution in [2.75, 3.05) is 13.7 Å². The molecule has 1 aromatic heterocycles. The zero-order chi connectivity index (χ0) is 16.8. The smallest absolute Gasteiger partial charge is 0.251 e. The van der Waals surface area contributed by atoms with Crippen molar-refractivity contribution in [3.05, 3.63) is 53.3 Å². The third-order valence-corrected chi connectivity index (χ3v) is 3.71. The molecule has 0 radical (unpaired) electrons. The maximum Gasteiger partial charge on any atom is 0.251 e. The number of ether oxygens (including phenoxy) is 1. The average molecular weight is 315 g/mol. The van der Waals surface area contributed by atoms with Gasteiger partial charge in [0.15, 0.2) is 0 Å². The van der Waals surface area contributed by atoms with Gasteiger partial charge in [0.05, 0.1) is 20.2 Å². The van der Waals surface area contributed by atoms with Crippen LogP contribution in [0.25, 0.3) is 0 Å². The number of nitrogens with one attached hydrogen (secondary N) is 2. The van der Waals surface area contributed by atoms with E-state index in [1.54, 1.807) is 31.4 Å². The van der Waals surface area contributed by atoms with Gasteiger partial charge in [-0.1, -0.05) is 0 Å². The van der Waals surface area contributed by atoms with Crippen LogP contribution in [0.4, 0.5) is 0 Å². The molecule has 6 heteroatoms. The molecule has 0 aliphatic rings. The van der Waals surface area contributed by atoms with Crippen molar-refractivity contribution in [1.82, 2.24) is 15.2 Å². The topological polar surface area (TPSA) is 72.4 Å². The minimum Gasteiger partial charge on any atom is -0.497 e. The van der Waals surface area contributed by atoms with E-state index in [4.69, 9.17) is 4.74 Å². The van der Waals surface area contributed by atoms with Crippen molar-refractivity contribution in [1.29, 1.82) is 0 Å². The minimum atomic E-state index is -0.294. The molecule has 0 fully saturated rings. The summed E-state index contributed by atoms with van der Waals surface area (Å²) in [5.74, 6) is 0.153. The number of aryl methyl sites for hydroxylation is 1. The number of hydrogen-bond acceptors (Lipinski definition) is 3. The van der Waals surface area contributed by atoms with Crippen molar-refractivity contribution in [3.8, 4) is 5.75 Å². The summed E-state index contributed by atoms with van der Waals surface area (Å²) < 4.78 is 7.04. The molecule has 0 saturated heterocycles. The van der Waals surface area contributed by atoms with E-state index in [2.05, 4.69) is 10.6 Å². The number of rotatable bonds is 6. The molecule has 0 unspecified atom stereocenters. The Labute approximate surface area is 135 Å². The largest absolute Gasteiger partial charge is 0.497 e. The molecule has 6 nitrogen and oxygen atoms in total. The van der Waals surface area contributed by atoms with Crippen LogP contribution in [0, 0.1) is 6.92 Å². The Hall–Kier alpha value is -2.76. The highest BCUT2D eigenvalue weighted by Crippen LogP contribution is 2.11. The van der Waals surface area contributed by atoms with Gasteiger partial charge in [-0.25, -0.2) is 0 Å². The van der Waals surface area contributed by atoms with E-state index in [1.807, 2.05) is 30.7 Å². The minimum absolute atomic E-state index is 0.0612. The molecule has 2 rings (SSSR count). The summed E-state index contributed by atoms with van der Waals surface area (Å²) >= 11 is 0. The third-order valence-electron chi connectivity index (χ3n) is 3.71. The molecule has 0 saturated carbocycles. The predicted octanol–water partition coefficient (Wildman–Crippen LogP) is 1.39. The average Bonchev–Trinajstić information content (AvgIpc) is 2.89. The summed E-state index contributed by atoms with van der Waals surface area (Å²) in [5.41, 5.74) is 2.62. The van der Waals surface area contributed by atoms with Crippen molar-refractivity contribution in [2.45, 2.75) is 13.5 Å². The lowest BCUT2D eigenvalue weighted by atomic mass is 10.2. The first-order chi connectivity index (χ1) is 11.0. The summed E-state index contributed by atoms with van der Waals surface area (Å²) in [6.45, 7) is 2.37. The fourth-order valence-corrected chi connectivity index (χ4v) is 2.10. The lowest BCUT2D eigenvalue weighted by Crippen LogP contribution is -2.36. The van der Waals surface area contributed by atoms with E-state index in [0.29, 0.717) is 17.9 Å². The number of hydrogen-bond donors (Lipinski definition) is 2. The molecule has 0 bridgehead atoms. The SMILES string of the molecule is COc1ccc(C(=O)NCC(=O)NCc2ccc(C)n2C)cc1. The van der Waals surface area contributed by atoms with E-state index in [-0.39, 0.29) is 18.4 Å². The summed E-state index contributed by atoms with van der Waals surface area (Å²) in [4.78, 5) is 23.8. The summed E-state index contributed by atoms with van der Waals surface area (Å²) in [5, 5.41) is 5.38. The second-order valence-electron chi connectivity index (χ2n) is 5.21. The zero-order valence-corrected chi connectivity index (χ0v) is 13.6. The van der Waals surface area contributed by atoms with Crippen LogP contribution in [0.3, 0.4) is 0 Å². The highest BCUT2D eigenvalue weighted by Gasteiger charge is 2.09. The van der Waals surface area contributed by atoms with Crippen molar-refractivity contribution in [3.63, 3.8) is 0 Å². The number of methoxy groups -OCH3 is 1. The van der Waals surface area contributed by atoms with Crippen molar-refractivity contribution < 1.29 is 14.3 Å².